The Hall–Kier alpha value is -0.890. The normalized spacial score (nSPS) is 12.0. The van der Waals surface area contributed by atoms with Crippen molar-refractivity contribution in [1.29, 1.82) is 0 Å². The number of rotatable bonds is 9. The molecule has 140 valence electrons. The fourth-order valence-corrected chi connectivity index (χ4v) is 4.08. The number of hydrogen-bond donors (Lipinski definition) is 1. The van der Waals surface area contributed by atoms with Crippen molar-refractivity contribution in [3.05, 3.63) is 62.5 Å². The highest BCUT2D eigenvalue weighted by Gasteiger charge is 2.16. The van der Waals surface area contributed by atoms with Crippen LogP contribution in [0.4, 0.5) is 0 Å². The third kappa shape index (κ3) is 6.37. The zero-order valence-electron chi connectivity index (χ0n) is 14.0. The van der Waals surface area contributed by atoms with Crippen LogP contribution in [0.2, 0.25) is 0 Å². The number of carbonyl (C=O) groups excluding carboxylic acids is 1. The molecule has 26 heavy (non-hydrogen) atoms. The number of benzene rings is 2. The molecular weight excluding hydrogens is 532 g/mol. The van der Waals surface area contributed by atoms with E-state index in [0.29, 0.717) is 22.0 Å². The van der Waals surface area contributed by atoms with Crippen LogP contribution in [0.25, 0.3) is 0 Å². The second-order valence-corrected chi connectivity index (χ2v) is 7.97. The maximum absolute atomic E-state index is 12.1. The molecule has 2 aromatic rings. The van der Waals surface area contributed by atoms with Crippen molar-refractivity contribution in [2.45, 2.75) is 18.9 Å². The number of phenolic OH excluding ortho intramolecular Hbond substituents is 1. The molecule has 0 amide bonds. The quantitative estimate of drug-likeness (QED) is 0.236. The lowest BCUT2D eigenvalue weighted by Gasteiger charge is -2.15. The van der Waals surface area contributed by atoms with Crippen LogP contribution in [0.5, 0.6) is 5.75 Å². The van der Waals surface area contributed by atoms with Crippen molar-refractivity contribution < 1.29 is 19.4 Å². The fourth-order valence-electron chi connectivity index (χ4n) is 2.29. The molecule has 1 atom stereocenters. The molecule has 0 heterocycles. The van der Waals surface area contributed by atoms with E-state index in [9.17, 15) is 9.90 Å². The minimum Gasteiger partial charge on any atom is -0.506 e. The van der Waals surface area contributed by atoms with Crippen LogP contribution in [0, 0.1) is 0 Å². The monoisotopic (exact) mass is 548 g/mol. The molecule has 1 unspecified atom stereocenters. The van der Waals surface area contributed by atoms with Gasteiger partial charge in [0, 0.05) is 16.4 Å². The van der Waals surface area contributed by atoms with Gasteiger partial charge in [-0.3, -0.25) is 0 Å². The zero-order valence-corrected chi connectivity index (χ0v) is 18.7. The van der Waals surface area contributed by atoms with Gasteiger partial charge in [0.2, 0.25) is 0 Å². The number of unbranched alkanes of at least 4 members (excludes halogenated alkanes) is 1. The maximum atomic E-state index is 12.1. The van der Waals surface area contributed by atoms with E-state index in [1.165, 1.54) is 6.07 Å². The predicted molar refractivity (Wildman–Crippen MR) is 112 cm³/mol. The van der Waals surface area contributed by atoms with E-state index in [-0.39, 0.29) is 24.0 Å². The third-order valence-corrected chi connectivity index (χ3v) is 5.30. The van der Waals surface area contributed by atoms with E-state index < -0.39 is 5.97 Å². The first-order chi connectivity index (χ1) is 12.5. The van der Waals surface area contributed by atoms with Crippen molar-refractivity contribution in [2.24, 2.45) is 0 Å². The molecule has 0 aliphatic carbocycles. The van der Waals surface area contributed by atoms with E-state index >= 15 is 0 Å². The first kappa shape index (κ1) is 21.4. The molecule has 2 aromatic carbocycles. The summed E-state index contributed by atoms with van der Waals surface area (Å²) >= 11 is 9.96. The molecule has 0 saturated heterocycles. The van der Waals surface area contributed by atoms with Crippen molar-refractivity contribution in [2.75, 3.05) is 18.5 Å². The largest absolute Gasteiger partial charge is 0.506 e. The molecule has 2 rings (SSSR count). The van der Waals surface area contributed by atoms with Gasteiger partial charge in [0.15, 0.2) is 0 Å². The minimum atomic E-state index is -0.548. The Kier molecular flexibility index (Phi) is 9.11. The van der Waals surface area contributed by atoms with Gasteiger partial charge >= 0.3 is 5.97 Å². The molecule has 4 nitrogen and oxygen atoms in total. The lowest BCUT2D eigenvalue weighted by atomic mass is 10.1. The number of halogens is 3. The predicted octanol–water partition coefficient (Wildman–Crippen LogP) is 6.01. The fraction of sp³-hybridized carbons (Fsp3) is 0.316. The van der Waals surface area contributed by atoms with Crippen molar-refractivity contribution in [3.63, 3.8) is 0 Å². The summed E-state index contributed by atoms with van der Waals surface area (Å²) in [4.78, 5) is 12.1. The summed E-state index contributed by atoms with van der Waals surface area (Å²) in [6.45, 7) is 0.854. The highest BCUT2D eigenvalue weighted by atomic mass is 79.9. The summed E-state index contributed by atoms with van der Waals surface area (Å²) in [6.07, 6.45) is 1.47. The van der Waals surface area contributed by atoms with Gasteiger partial charge in [0.05, 0.1) is 17.2 Å². The molecule has 7 heteroatoms. The zero-order chi connectivity index (χ0) is 18.9. The molecule has 0 aromatic heterocycles. The van der Waals surface area contributed by atoms with Crippen LogP contribution in [0.15, 0.2) is 51.4 Å². The molecule has 1 N–H and O–H groups in total. The van der Waals surface area contributed by atoms with E-state index in [1.807, 2.05) is 30.3 Å². The first-order valence-electron chi connectivity index (χ1n) is 8.10. The van der Waals surface area contributed by atoms with E-state index in [4.69, 9.17) is 9.47 Å². The molecule has 0 saturated carbocycles. The average molecular weight is 551 g/mol. The number of alkyl halides is 1. The summed E-state index contributed by atoms with van der Waals surface area (Å²) in [6, 6.07) is 13.2. The van der Waals surface area contributed by atoms with Gasteiger partial charge in [-0.05, 0) is 46.5 Å². The van der Waals surface area contributed by atoms with Gasteiger partial charge in [-0.15, -0.1) is 0 Å². The second kappa shape index (κ2) is 11.1. The average Bonchev–Trinajstić information content (AvgIpc) is 2.64. The van der Waals surface area contributed by atoms with Crippen LogP contribution in [0.1, 0.15) is 34.9 Å². The summed E-state index contributed by atoms with van der Waals surface area (Å²) < 4.78 is 12.2. The van der Waals surface area contributed by atoms with Crippen LogP contribution >= 0.6 is 47.8 Å². The molecular formula is C19H19Br3O4. The van der Waals surface area contributed by atoms with Crippen LogP contribution in [-0.4, -0.2) is 29.6 Å². The van der Waals surface area contributed by atoms with Crippen LogP contribution in [0.3, 0.4) is 0 Å². The van der Waals surface area contributed by atoms with Gasteiger partial charge in [-0.1, -0.05) is 62.2 Å². The Morgan fingerprint density at radius 3 is 2.46 bits per heavy atom. The highest BCUT2D eigenvalue weighted by molar-refractivity contribution is 9.11. The summed E-state index contributed by atoms with van der Waals surface area (Å²) in [5.74, 6) is -0.669. The Morgan fingerprint density at radius 2 is 1.77 bits per heavy atom. The van der Waals surface area contributed by atoms with E-state index in [2.05, 4.69) is 47.8 Å². The van der Waals surface area contributed by atoms with Gasteiger partial charge in [-0.2, -0.15) is 0 Å². The van der Waals surface area contributed by atoms with Gasteiger partial charge in [-0.25, -0.2) is 4.79 Å². The molecule has 0 aliphatic rings. The SMILES string of the molecule is O=C(OCCCCOC(CBr)c1ccccc1)c1cc(Br)cc(Br)c1O. The molecule has 0 radical (unpaired) electrons. The number of hydrogen-bond acceptors (Lipinski definition) is 4. The van der Waals surface area contributed by atoms with Gasteiger partial charge < -0.3 is 14.6 Å². The van der Waals surface area contributed by atoms with Gasteiger partial charge in [0.25, 0.3) is 0 Å². The molecule has 0 spiro atoms. The third-order valence-electron chi connectivity index (χ3n) is 3.65. The molecule has 0 fully saturated rings. The Morgan fingerprint density at radius 1 is 1.08 bits per heavy atom. The smallest absolute Gasteiger partial charge is 0.341 e. The lowest BCUT2D eigenvalue weighted by molar-refractivity contribution is 0.0435. The Bertz CT molecular complexity index is 722. The Balaban J connectivity index is 1.71. The summed E-state index contributed by atoms with van der Waals surface area (Å²) in [7, 11) is 0. The Labute approximate surface area is 178 Å². The summed E-state index contributed by atoms with van der Waals surface area (Å²) in [5.41, 5.74) is 1.26. The summed E-state index contributed by atoms with van der Waals surface area (Å²) in [5, 5.41) is 10.7. The van der Waals surface area contributed by atoms with E-state index in [0.717, 1.165) is 17.3 Å². The number of phenols is 1. The number of esters is 1. The van der Waals surface area contributed by atoms with Gasteiger partial charge in [0.1, 0.15) is 11.3 Å². The number of ether oxygens (including phenoxy) is 2. The standard InChI is InChI=1S/C19H19Br3O4/c20-12-17(13-6-2-1-3-7-13)25-8-4-5-9-26-19(24)15-10-14(21)11-16(22)18(15)23/h1-3,6-7,10-11,17,23H,4-5,8-9,12H2. The topological polar surface area (TPSA) is 55.8 Å². The molecule has 0 bridgehead atoms. The maximum Gasteiger partial charge on any atom is 0.341 e. The minimum absolute atomic E-state index is 0.00900. The molecule has 0 aliphatic heterocycles. The van der Waals surface area contributed by atoms with Crippen molar-refractivity contribution in [3.8, 4) is 5.75 Å². The van der Waals surface area contributed by atoms with Crippen molar-refractivity contribution in [1.82, 2.24) is 0 Å². The highest BCUT2D eigenvalue weighted by Crippen LogP contribution is 2.32. The lowest BCUT2D eigenvalue weighted by Crippen LogP contribution is -2.10. The van der Waals surface area contributed by atoms with Crippen LogP contribution in [-0.2, 0) is 9.47 Å². The number of aromatic hydroxyl groups is 1. The number of carbonyl (C=O) groups is 1. The second-order valence-electron chi connectivity index (χ2n) is 5.55. The first-order valence-corrected chi connectivity index (χ1v) is 10.8. The van der Waals surface area contributed by atoms with Crippen molar-refractivity contribution >= 4 is 53.8 Å². The van der Waals surface area contributed by atoms with E-state index in [1.54, 1.807) is 6.07 Å². The van der Waals surface area contributed by atoms with Crippen LogP contribution < -0.4 is 0 Å².